The summed E-state index contributed by atoms with van der Waals surface area (Å²) in [5, 5.41) is 23.3. The molecular weight excluding hydrogens is 462 g/mol. The van der Waals surface area contributed by atoms with E-state index in [1.54, 1.807) is 38.1 Å². The molecule has 3 heterocycles. The number of nitrogens with zero attached hydrogens (tertiary/aromatic N) is 4. The summed E-state index contributed by atoms with van der Waals surface area (Å²) in [5.41, 5.74) is 1.28. The van der Waals surface area contributed by atoms with Crippen molar-refractivity contribution in [2.24, 2.45) is 0 Å². The Morgan fingerprint density at radius 2 is 1.92 bits per heavy atom. The molecule has 0 radical (unpaired) electrons. The number of carbonyl (C=O) groups excluding carboxylic acids is 1. The molecule has 0 aliphatic heterocycles. The summed E-state index contributed by atoms with van der Waals surface area (Å²) in [5.74, 6) is -0.922. The number of nitriles is 1. The van der Waals surface area contributed by atoms with Gasteiger partial charge in [-0.15, -0.1) is 0 Å². The second-order valence-electron chi connectivity index (χ2n) is 8.02. The number of hydrogen-bond acceptors (Lipinski definition) is 7. The summed E-state index contributed by atoms with van der Waals surface area (Å²) in [6, 6.07) is 15.2. The topological polar surface area (TPSA) is 142 Å². The smallest absolute Gasteiger partial charge is 0.338 e. The molecule has 0 aliphatic carbocycles. The van der Waals surface area contributed by atoms with E-state index in [0.717, 1.165) is 4.68 Å². The molecule has 0 unspecified atom stereocenters. The Morgan fingerprint density at radius 3 is 2.61 bits per heavy atom. The molecule has 0 atom stereocenters. The number of benzene rings is 2. The van der Waals surface area contributed by atoms with E-state index in [0.29, 0.717) is 27.8 Å². The van der Waals surface area contributed by atoms with Crippen molar-refractivity contribution >= 4 is 28.7 Å². The fourth-order valence-corrected chi connectivity index (χ4v) is 4.15. The van der Waals surface area contributed by atoms with Gasteiger partial charge in [-0.2, -0.15) is 5.26 Å². The van der Waals surface area contributed by atoms with Crippen molar-refractivity contribution in [3.05, 3.63) is 96.7 Å². The van der Waals surface area contributed by atoms with Crippen LogP contribution >= 0.6 is 0 Å². The summed E-state index contributed by atoms with van der Waals surface area (Å²) < 4.78 is 7.44. The van der Waals surface area contributed by atoms with E-state index in [2.05, 4.69) is 16.2 Å². The number of nitrogens with one attached hydrogen (secondary N) is 1. The van der Waals surface area contributed by atoms with Crippen LogP contribution < -0.4 is 16.3 Å². The third kappa shape index (κ3) is 3.42. The molecule has 178 valence electrons. The van der Waals surface area contributed by atoms with Gasteiger partial charge < -0.3 is 9.84 Å². The van der Waals surface area contributed by atoms with Gasteiger partial charge >= 0.3 is 5.97 Å². The lowest BCUT2D eigenvalue weighted by atomic mass is 10.1. The molecule has 5 rings (SSSR count). The van der Waals surface area contributed by atoms with Crippen molar-refractivity contribution in [2.75, 3.05) is 6.61 Å². The normalized spacial score (nSPS) is 11.8. The van der Waals surface area contributed by atoms with Gasteiger partial charge in [0.15, 0.2) is 5.65 Å². The SMILES string of the molecule is CCOC(=O)c1ccc(-n2[nH]c(=O)c(/C=c3\c(C)c(C#N)c4nc5ccccc5n4c3=O)c2O)cc1. The molecule has 0 aliphatic rings. The zero-order chi connectivity index (χ0) is 25.6. The molecule has 10 heteroatoms. The van der Waals surface area contributed by atoms with Crippen LogP contribution in [0, 0.1) is 18.3 Å². The van der Waals surface area contributed by atoms with Crippen molar-refractivity contribution < 1.29 is 14.6 Å². The van der Waals surface area contributed by atoms with Gasteiger partial charge in [0.05, 0.1) is 34.5 Å². The fraction of sp³-hybridized carbons (Fsp3) is 0.115. The number of carbonyl (C=O) groups is 1. The lowest BCUT2D eigenvalue weighted by Crippen LogP contribution is -2.34. The van der Waals surface area contributed by atoms with Crippen LogP contribution in [0.3, 0.4) is 0 Å². The number of imidazole rings is 1. The quantitative estimate of drug-likeness (QED) is 0.374. The van der Waals surface area contributed by atoms with Crippen LogP contribution in [0.15, 0.2) is 58.1 Å². The third-order valence-electron chi connectivity index (χ3n) is 5.94. The van der Waals surface area contributed by atoms with Crippen molar-refractivity contribution in [1.82, 2.24) is 19.2 Å². The average Bonchev–Trinajstić information content (AvgIpc) is 3.39. The first-order valence-corrected chi connectivity index (χ1v) is 11.0. The monoisotopic (exact) mass is 481 g/mol. The van der Waals surface area contributed by atoms with Gasteiger partial charge in [-0.1, -0.05) is 12.1 Å². The second-order valence-corrected chi connectivity index (χ2v) is 8.02. The van der Waals surface area contributed by atoms with Crippen molar-refractivity contribution in [2.45, 2.75) is 13.8 Å². The number of aromatic amines is 1. The Hall–Kier alpha value is -5.17. The van der Waals surface area contributed by atoms with E-state index in [4.69, 9.17) is 4.74 Å². The van der Waals surface area contributed by atoms with E-state index in [-0.39, 0.29) is 28.6 Å². The number of ether oxygens (including phenoxy) is 1. The molecule has 0 amide bonds. The Bertz CT molecular complexity index is 1890. The van der Waals surface area contributed by atoms with E-state index >= 15 is 0 Å². The van der Waals surface area contributed by atoms with Crippen molar-refractivity contribution in [3.8, 4) is 17.6 Å². The fourth-order valence-electron chi connectivity index (χ4n) is 4.15. The number of esters is 1. The standard InChI is InChI=1S/C26H19N5O5/c1-3-36-26(35)15-8-10-16(11-9-15)31-25(34)18(23(32)29-31)12-17-14(2)19(13-27)22-28-20-6-4-5-7-21(20)30(22)24(17)33/h4-12,34H,3H2,1-2H3,(H,29,32)/b17-12+. The van der Waals surface area contributed by atoms with Crippen LogP contribution in [0.5, 0.6) is 5.88 Å². The summed E-state index contributed by atoms with van der Waals surface area (Å²) in [6.07, 6.45) is 1.27. The minimum absolute atomic E-state index is 0.0819. The first-order chi connectivity index (χ1) is 17.3. The lowest BCUT2D eigenvalue weighted by Gasteiger charge is -2.06. The second kappa shape index (κ2) is 8.56. The molecular formula is C26H19N5O5. The Kier molecular flexibility index (Phi) is 5.37. The molecule has 0 saturated carbocycles. The predicted molar refractivity (Wildman–Crippen MR) is 131 cm³/mol. The number of pyridine rings is 1. The van der Waals surface area contributed by atoms with Crippen molar-refractivity contribution in [1.29, 1.82) is 5.26 Å². The van der Waals surface area contributed by atoms with Crippen LogP contribution in [-0.4, -0.2) is 36.8 Å². The van der Waals surface area contributed by atoms with E-state index in [1.165, 1.54) is 34.7 Å². The molecule has 0 fully saturated rings. The highest BCUT2D eigenvalue weighted by molar-refractivity contribution is 5.89. The molecule has 0 saturated heterocycles. The third-order valence-corrected chi connectivity index (χ3v) is 5.94. The summed E-state index contributed by atoms with van der Waals surface area (Å²) in [7, 11) is 0. The predicted octanol–water partition coefficient (Wildman–Crippen LogP) is 1.94. The van der Waals surface area contributed by atoms with Gasteiger partial charge in [-0.05, 0) is 61.9 Å². The molecule has 3 aromatic heterocycles. The number of rotatable bonds is 4. The zero-order valence-corrected chi connectivity index (χ0v) is 19.3. The Labute approximate surface area is 202 Å². The minimum Gasteiger partial charge on any atom is -0.493 e. The highest BCUT2D eigenvalue weighted by Gasteiger charge is 2.19. The molecule has 10 nitrogen and oxygen atoms in total. The molecule has 5 aromatic rings. The van der Waals surface area contributed by atoms with Crippen LogP contribution in [0.25, 0.3) is 28.4 Å². The summed E-state index contributed by atoms with van der Waals surface area (Å²) in [6.45, 7) is 3.54. The van der Waals surface area contributed by atoms with Gasteiger partial charge in [0.25, 0.3) is 11.1 Å². The number of para-hydroxylation sites is 2. The molecule has 2 aromatic carbocycles. The average molecular weight is 481 g/mol. The molecule has 36 heavy (non-hydrogen) atoms. The van der Waals surface area contributed by atoms with E-state index in [9.17, 15) is 24.8 Å². The maximum absolute atomic E-state index is 13.5. The first kappa shape index (κ1) is 22.6. The summed E-state index contributed by atoms with van der Waals surface area (Å²) >= 11 is 0. The highest BCUT2D eigenvalue weighted by Crippen LogP contribution is 2.21. The molecule has 0 spiro atoms. The van der Waals surface area contributed by atoms with Gasteiger partial charge in [0.1, 0.15) is 11.6 Å². The van der Waals surface area contributed by atoms with E-state index < -0.39 is 23.0 Å². The Balaban J connectivity index is 1.71. The van der Waals surface area contributed by atoms with Gasteiger partial charge in [0.2, 0.25) is 5.88 Å². The molecule has 2 N–H and O–H groups in total. The number of aromatic nitrogens is 4. The van der Waals surface area contributed by atoms with Crippen LogP contribution in [0.4, 0.5) is 0 Å². The summed E-state index contributed by atoms with van der Waals surface area (Å²) in [4.78, 5) is 42.6. The van der Waals surface area contributed by atoms with Gasteiger partial charge in [-0.25, -0.2) is 14.5 Å². The Morgan fingerprint density at radius 1 is 1.19 bits per heavy atom. The van der Waals surface area contributed by atoms with E-state index in [1.807, 2.05) is 0 Å². The van der Waals surface area contributed by atoms with Crippen LogP contribution in [0.2, 0.25) is 0 Å². The minimum atomic E-state index is -0.644. The zero-order valence-electron chi connectivity index (χ0n) is 19.3. The first-order valence-electron chi connectivity index (χ1n) is 11.0. The number of aromatic hydroxyl groups is 1. The van der Waals surface area contributed by atoms with Crippen LogP contribution in [0.1, 0.15) is 34.0 Å². The lowest BCUT2D eigenvalue weighted by molar-refractivity contribution is 0.0526. The maximum atomic E-state index is 13.5. The highest BCUT2D eigenvalue weighted by atomic mass is 16.5. The van der Waals surface area contributed by atoms with Gasteiger partial charge in [0, 0.05) is 5.22 Å². The maximum Gasteiger partial charge on any atom is 0.338 e. The number of hydrogen-bond donors (Lipinski definition) is 2. The van der Waals surface area contributed by atoms with Crippen LogP contribution in [-0.2, 0) is 4.74 Å². The number of H-pyrrole nitrogens is 1. The molecule has 0 bridgehead atoms. The largest absolute Gasteiger partial charge is 0.493 e. The number of fused-ring (bicyclic) bond motifs is 3. The van der Waals surface area contributed by atoms with Crippen molar-refractivity contribution in [3.63, 3.8) is 0 Å². The van der Waals surface area contributed by atoms with Gasteiger partial charge in [-0.3, -0.25) is 19.1 Å².